The minimum atomic E-state index is -0.610. The molecule has 2 N–H and O–H groups in total. The molecule has 1 saturated carbocycles. The van der Waals surface area contributed by atoms with Crippen molar-refractivity contribution in [2.45, 2.75) is 52.5 Å². The third-order valence-electron chi connectivity index (χ3n) is 5.74. The van der Waals surface area contributed by atoms with Crippen LogP contribution in [0.25, 0.3) is 11.0 Å². The van der Waals surface area contributed by atoms with Crippen molar-refractivity contribution in [2.75, 3.05) is 18.5 Å². The van der Waals surface area contributed by atoms with Gasteiger partial charge in [-0.25, -0.2) is 14.5 Å². The lowest BCUT2D eigenvalue weighted by Crippen LogP contribution is -2.29. The minimum absolute atomic E-state index is 0.0851. The highest BCUT2D eigenvalue weighted by Crippen LogP contribution is 2.40. The molecule has 2 amide bonds. The van der Waals surface area contributed by atoms with Crippen LogP contribution in [0.1, 0.15) is 78.9 Å². The van der Waals surface area contributed by atoms with Gasteiger partial charge in [-0.05, 0) is 50.8 Å². The lowest BCUT2D eigenvalue weighted by atomic mass is 10.1. The second-order valence-electron chi connectivity index (χ2n) is 9.56. The molecule has 0 spiro atoms. The SMILES string of the molecule is CC(C)CNC(=O)c1ccccc1NC(=O)COC(=O)c1cc(C2CC2)nc2c1cnn2C(C)C. The Morgan fingerprint density at radius 1 is 1.11 bits per heavy atom. The number of nitrogens with zero attached hydrogens (tertiary/aromatic N) is 3. The zero-order valence-corrected chi connectivity index (χ0v) is 20.5. The van der Waals surface area contributed by atoms with Gasteiger partial charge in [0.05, 0.1) is 28.4 Å². The summed E-state index contributed by atoms with van der Waals surface area (Å²) in [7, 11) is 0. The lowest BCUT2D eigenvalue weighted by molar-refractivity contribution is -0.119. The predicted octanol–water partition coefficient (Wildman–Crippen LogP) is 4.07. The maximum absolute atomic E-state index is 13.0. The summed E-state index contributed by atoms with van der Waals surface area (Å²) in [6.07, 6.45) is 3.69. The summed E-state index contributed by atoms with van der Waals surface area (Å²) < 4.78 is 7.14. The molecule has 9 heteroatoms. The molecule has 2 heterocycles. The number of nitrogens with one attached hydrogen (secondary N) is 2. The van der Waals surface area contributed by atoms with Crippen LogP contribution in [0.15, 0.2) is 36.5 Å². The summed E-state index contributed by atoms with van der Waals surface area (Å²) in [5.74, 6) is -0.787. The highest BCUT2D eigenvalue weighted by Gasteiger charge is 2.29. The quantitative estimate of drug-likeness (QED) is 0.449. The van der Waals surface area contributed by atoms with Gasteiger partial charge in [0, 0.05) is 24.2 Å². The average Bonchev–Trinajstić information content (AvgIpc) is 3.59. The Labute approximate surface area is 204 Å². The number of rotatable bonds is 9. The summed E-state index contributed by atoms with van der Waals surface area (Å²) in [5, 5.41) is 10.5. The van der Waals surface area contributed by atoms with Crippen LogP contribution in [-0.4, -0.2) is 45.7 Å². The third kappa shape index (κ3) is 5.67. The summed E-state index contributed by atoms with van der Waals surface area (Å²) in [4.78, 5) is 42.8. The second-order valence-corrected chi connectivity index (χ2v) is 9.56. The van der Waals surface area contributed by atoms with Gasteiger partial charge in [0.2, 0.25) is 0 Å². The molecule has 3 aromatic rings. The average molecular weight is 478 g/mol. The van der Waals surface area contributed by atoms with Crippen LogP contribution in [0, 0.1) is 5.92 Å². The van der Waals surface area contributed by atoms with Gasteiger partial charge in [-0.15, -0.1) is 0 Å². The van der Waals surface area contributed by atoms with E-state index in [9.17, 15) is 14.4 Å². The molecular weight excluding hydrogens is 446 g/mol. The Balaban J connectivity index is 1.46. The molecule has 35 heavy (non-hydrogen) atoms. The number of para-hydroxylation sites is 1. The number of anilines is 1. The molecule has 1 fully saturated rings. The van der Waals surface area contributed by atoms with Gasteiger partial charge < -0.3 is 15.4 Å². The normalized spacial score (nSPS) is 13.3. The van der Waals surface area contributed by atoms with E-state index in [1.165, 1.54) is 0 Å². The van der Waals surface area contributed by atoms with Crippen molar-refractivity contribution < 1.29 is 19.1 Å². The summed E-state index contributed by atoms with van der Waals surface area (Å²) in [6, 6.07) is 8.56. The molecule has 9 nitrogen and oxygen atoms in total. The van der Waals surface area contributed by atoms with Crippen molar-refractivity contribution in [3.05, 3.63) is 53.3 Å². The fourth-order valence-electron chi connectivity index (χ4n) is 3.75. The highest BCUT2D eigenvalue weighted by molar-refractivity contribution is 6.06. The zero-order valence-electron chi connectivity index (χ0n) is 20.5. The summed E-state index contributed by atoms with van der Waals surface area (Å²) in [5.41, 5.74) is 2.54. The highest BCUT2D eigenvalue weighted by atomic mass is 16.5. The van der Waals surface area contributed by atoms with Crippen molar-refractivity contribution in [1.82, 2.24) is 20.1 Å². The summed E-state index contributed by atoms with van der Waals surface area (Å²) >= 11 is 0. The van der Waals surface area contributed by atoms with Gasteiger partial charge in [-0.3, -0.25) is 9.59 Å². The van der Waals surface area contributed by atoms with E-state index in [0.717, 1.165) is 18.5 Å². The van der Waals surface area contributed by atoms with Crippen molar-refractivity contribution in [3.63, 3.8) is 0 Å². The van der Waals surface area contributed by atoms with Crippen molar-refractivity contribution in [2.24, 2.45) is 5.92 Å². The zero-order chi connectivity index (χ0) is 25.1. The van der Waals surface area contributed by atoms with E-state index < -0.39 is 18.5 Å². The molecule has 1 aromatic carbocycles. The first-order chi connectivity index (χ1) is 16.7. The molecule has 0 radical (unpaired) electrons. The number of aromatic nitrogens is 3. The maximum atomic E-state index is 13.0. The van der Waals surface area contributed by atoms with Crippen LogP contribution in [0.3, 0.4) is 0 Å². The van der Waals surface area contributed by atoms with Crippen LogP contribution >= 0.6 is 0 Å². The van der Waals surface area contributed by atoms with E-state index in [-0.39, 0.29) is 11.9 Å². The molecule has 0 aliphatic heterocycles. The number of pyridine rings is 1. The largest absolute Gasteiger partial charge is 0.452 e. The van der Waals surface area contributed by atoms with Gasteiger partial charge in [0.1, 0.15) is 0 Å². The van der Waals surface area contributed by atoms with Gasteiger partial charge in [0.25, 0.3) is 11.8 Å². The van der Waals surface area contributed by atoms with E-state index in [2.05, 4.69) is 15.7 Å². The van der Waals surface area contributed by atoms with Crippen LogP contribution < -0.4 is 10.6 Å². The molecule has 0 atom stereocenters. The Hall–Kier alpha value is -3.75. The Morgan fingerprint density at radius 3 is 2.54 bits per heavy atom. The first kappa shape index (κ1) is 24.4. The van der Waals surface area contributed by atoms with Crippen molar-refractivity contribution in [1.29, 1.82) is 0 Å². The molecular formula is C26H31N5O4. The van der Waals surface area contributed by atoms with Crippen LogP contribution in [0.4, 0.5) is 5.69 Å². The first-order valence-electron chi connectivity index (χ1n) is 12.0. The molecule has 0 bridgehead atoms. The van der Waals surface area contributed by atoms with Crippen LogP contribution in [-0.2, 0) is 9.53 Å². The van der Waals surface area contributed by atoms with Crippen LogP contribution in [0.2, 0.25) is 0 Å². The van der Waals surface area contributed by atoms with Crippen molar-refractivity contribution >= 4 is 34.5 Å². The standard InChI is InChI=1S/C26H31N5O4/c1-15(2)12-27-25(33)18-7-5-6-8-21(18)29-23(32)14-35-26(34)19-11-22(17-9-10-17)30-24-20(19)13-28-31(24)16(3)4/h5-8,11,13,15-17H,9-10,12,14H2,1-4H3,(H,27,33)(H,29,32). The molecule has 2 aromatic heterocycles. The van der Waals surface area contributed by atoms with E-state index >= 15 is 0 Å². The molecule has 184 valence electrons. The molecule has 1 aliphatic rings. The number of carbonyl (C=O) groups is 3. The van der Waals surface area contributed by atoms with E-state index in [4.69, 9.17) is 9.72 Å². The lowest BCUT2D eigenvalue weighted by Gasteiger charge is -2.13. The van der Waals surface area contributed by atoms with E-state index in [1.54, 1.807) is 41.2 Å². The number of esters is 1. The Morgan fingerprint density at radius 2 is 1.86 bits per heavy atom. The number of carbonyl (C=O) groups excluding carboxylic acids is 3. The van der Waals surface area contributed by atoms with Crippen LogP contribution in [0.5, 0.6) is 0 Å². The fourth-order valence-corrected chi connectivity index (χ4v) is 3.75. The van der Waals surface area contributed by atoms with Crippen molar-refractivity contribution in [3.8, 4) is 0 Å². The number of amides is 2. The Bertz CT molecular complexity index is 1260. The fraction of sp³-hybridized carbons (Fsp3) is 0.423. The Kier molecular flexibility index (Phi) is 7.14. The molecule has 1 aliphatic carbocycles. The second kappa shape index (κ2) is 10.2. The monoisotopic (exact) mass is 477 g/mol. The molecule has 0 saturated heterocycles. The maximum Gasteiger partial charge on any atom is 0.339 e. The smallest absolute Gasteiger partial charge is 0.339 e. The third-order valence-corrected chi connectivity index (χ3v) is 5.74. The molecule has 0 unspecified atom stereocenters. The van der Waals surface area contributed by atoms with E-state index in [1.807, 2.05) is 27.7 Å². The molecule has 4 rings (SSSR count). The first-order valence-corrected chi connectivity index (χ1v) is 12.0. The number of benzene rings is 1. The number of fused-ring (bicyclic) bond motifs is 1. The number of hydrogen-bond acceptors (Lipinski definition) is 6. The number of ether oxygens (including phenoxy) is 1. The minimum Gasteiger partial charge on any atom is -0.452 e. The van der Waals surface area contributed by atoms with E-state index in [0.29, 0.717) is 46.2 Å². The van der Waals surface area contributed by atoms with Gasteiger partial charge >= 0.3 is 5.97 Å². The summed E-state index contributed by atoms with van der Waals surface area (Å²) in [6.45, 7) is 8.04. The van der Waals surface area contributed by atoms with Gasteiger partial charge in [0.15, 0.2) is 12.3 Å². The van der Waals surface area contributed by atoms with Gasteiger partial charge in [-0.2, -0.15) is 5.10 Å². The predicted molar refractivity (Wildman–Crippen MR) is 132 cm³/mol. The van der Waals surface area contributed by atoms with Gasteiger partial charge in [-0.1, -0.05) is 26.0 Å². The topological polar surface area (TPSA) is 115 Å². The number of hydrogen-bond donors (Lipinski definition) is 2.